The summed E-state index contributed by atoms with van der Waals surface area (Å²) in [6.45, 7) is 3.89. The minimum absolute atomic E-state index is 0.0967. The highest BCUT2D eigenvalue weighted by Gasteiger charge is 2.17. The summed E-state index contributed by atoms with van der Waals surface area (Å²) in [5.41, 5.74) is 3.20. The maximum Gasteiger partial charge on any atom is 0.323 e. The second kappa shape index (κ2) is 5.36. The number of hydrogen-bond acceptors (Lipinski definition) is 4. The van der Waals surface area contributed by atoms with Crippen LogP contribution < -0.4 is 10.4 Å². The standard InChI is InChI=1S/C14H17N5O3S/c1-8-11(9(2)19(3)18-8)7-15-23(21,22)10-4-5-12-13(6-10)17-14(20)16-12/h4-6,15H,7H2,1-3H3,(H2,16,17,20). The number of hydrogen-bond donors (Lipinski definition) is 3. The van der Waals surface area contributed by atoms with Crippen LogP contribution in [0.25, 0.3) is 11.0 Å². The number of benzene rings is 1. The SMILES string of the molecule is Cc1nn(C)c(C)c1CNS(=O)(=O)c1ccc2[nH]c(=O)[nH]c2c1. The number of imidazole rings is 1. The van der Waals surface area contributed by atoms with Crippen LogP contribution in [0, 0.1) is 13.8 Å². The fourth-order valence-corrected chi connectivity index (χ4v) is 3.52. The maximum absolute atomic E-state index is 12.4. The molecular weight excluding hydrogens is 318 g/mol. The van der Waals surface area contributed by atoms with Crippen LogP contribution in [0.3, 0.4) is 0 Å². The van der Waals surface area contributed by atoms with E-state index < -0.39 is 10.0 Å². The number of sulfonamides is 1. The summed E-state index contributed by atoms with van der Waals surface area (Å²) >= 11 is 0. The fourth-order valence-electron chi connectivity index (χ4n) is 2.50. The molecule has 0 unspecified atom stereocenters. The van der Waals surface area contributed by atoms with Crippen LogP contribution in [-0.4, -0.2) is 28.2 Å². The molecule has 3 N–H and O–H groups in total. The van der Waals surface area contributed by atoms with Crippen molar-refractivity contribution in [2.45, 2.75) is 25.3 Å². The lowest BCUT2D eigenvalue weighted by molar-refractivity contribution is 0.581. The molecule has 23 heavy (non-hydrogen) atoms. The molecule has 9 heteroatoms. The average molecular weight is 335 g/mol. The molecular formula is C14H17N5O3S. The van der Waals surface area contributed by atoms with Crippen molar-refractivity contribution in [1.29, 1.82) is 0 Å². The van der Waals surface area contributed by atoms with Gasteiger partial charge in [-0.25, -0.2) is 17.9 Å². The van der Waals surface area contributed by atoms with E-state index >= 15 is 0 Å². The van der Waals surface area contributed by atoms with Gasteiger partial charge in [-0.3, -0.25) is 4.68 Å². The van der Waals surface area contributed by atoms with Gasteiger partial charge in [0.15, 0.2) is 0 Å². The monoisotopic (exact) mass is 335 g/mol. The molecule has 2 heterocycles. The number of rotatable bonds is 4. The van der Waals surface area contributed by atoms with E-state index in [9.17, 15) is 13.2 Å². The van der Waals surface area contributed by atoms with E-state index in [1.54, 1.807) is 10.7 Å². The molecule has 3 aromatic rings. The van der Waals surface area contributed by atoms with Crippen LogP contribution in [0.4, 0.5) is 0 Å². The van der Waals surface area contributed by atoms with Crippen molar-refractivity contribution < 1.29 is 8.42 Å². The van der Waals surface area contributed by atoms with Crippen LogP contribution in [-0.2, 0) is 23.6 Å². The van der Waals surface area contributed by atoms with Crippen LogP contribution in [0.5, 0.6) is 0 Å². The number of aromatic nitrogens is 4. The fraction of sp³-hybridized carbons (Fsp3) is 0.286. The largest absolute Gasteiger partial charge is 0.323 e. The first-order chi connectivity index (χ1) is 10.8. The Morgan fingerprint density at radius 1 is 1.22 bits per heavy atom. The number of aromatic amines is 2. The lowest BCUT2D eigenvalue weighted by atomic mass is 10.2. The van der Waals surface area contributed by atoms with Crippen LogP contribution in [0.15, 0.2) is 27.9 Å². The third-order valence-electron chi connectivity index (χ3n) is 3.90. The minimum atomic E-state index is -3.69. The Kier molecular flexibility index (Phi) is 3.61. The van der Waals surface area contributed by atoms with Gasteiger partial charge in [0.05, 0.1) is 21.6 Å². The molecule has 0 spiro atoms. The molecule has 3 rings (SSSR count). The zero-order valence-corrected chi connectivity index (χ0v) is 13.8. The summed E-state index contributed by atoms with van der Waals surface area (Å²) in [6.07, 6.45) is 0. The van der Waals surface area contributed by atoms with Gasteiger partial charge in [0.25, 0.3) is 0 Å². The van der Waals surface area contributed by atoms with Gasteiger partial charge in [-0.2, -0.15) is 5.10 Å². The number of aryl methyl sites for hydroxylation is 2. The van der Waals surface area contributed by atoms with E-state index in [-0.39, 0.29) is 17.1 Å². The highest BCUT2D eigenvalue weighted by atomic mass is 32.2. The zero-order chi connectivity index (χ0) is 16.8. The summed E-state index contributed by atoms with van der Waals surface area (Å²) in [7, 11) is -1.87. The molecule has 0 atom stereocenters. The predicted molar refractivity (Wildman–Crippen MR) is 85.6 cm³/mol. The lowest BCUT2D eigenvalue weighted by Crippen LogP contribution is -2.23. The Bertz CT molecular complexity index is 1040. The molecule has 0 aliphatic carbocycles. The smallest absolute Gasteiger partial charge is 0.306 e. The van der Waals surface area contributed by atoms with E-state index in [0.29, 0.717) is 11.0 Å². The third-order valence-corrected chi connectivity index (χ3v) is 5.29. The van der Waals surface area contributed by atoms with E-state index in [4.69, 9.17) is 0 Å². The molecule has 122 valence electrons. The topological polar surface area (TPSA) is 113 Å². The van der Waals surface area contributed by atoms with Crippen molar-refractivity contribution in [2.24, 2.45) is 7.05 Å². The number of H-pyrrole nitrogens is 2. The lowest BCUT2D eigenvalue weighted by Gasteiger charge is -2.07. The normalized spacial score (nSPS) is 12.1. The Labute approximate surface area is 132 Å². The van der Waals surface area contributed by atoms with Gasteiger partial charge in [-0.05, 0) is 32.0 Å². The molecule has 0 aliphatic heterocycles. The van der Waals surface area contributed by atoms with Crippen LogP contribution in [0.1, 0.15) is 17.0 Å². The van der Waals surface area contributed by atoms with E-state index in [1.165, 1.54) is 12.1 Å². The molecule has 0 aliphatic rings. The summed E-state index contributed by atoms with van der Waals surface area (Å²) in [4.78, 5) is 16.5. The summed E-state index contributed by atoms with van der Waals surface area (Å²) in [5, 5.41) is 4.27. The second-order valence-electron chi connectivity index (χ2n) is 5.38. The molecule has 0 saturated carbocycles. The van der Waals surface area contributed by atoms with E-state index in [2.05, 4.69) is 19.8 Å². The van der Waals surface area contributed by atoms with Gasteiger partial charge < -0.3 is 9.97 Å². The quantitative estimate of drug-likeness (QED) is 0.651. The van der Waals surface area contributed by atoms with Crippen molar-refractivity contribution in [3.63, 3.8) is 0 Å². The predicted octanol–water partition coefficient (Wildman–Crippen LogP) is 0.685. The Morgan fingerprint density at radius 3 is 2.57 bits per heavy atom. The third kappa shape index (κ3) is 2.80. The highest BCUT2D eigenvalue weighted by Crippen LogP contribution is 2.17. The van der Waals surface area contributed by atoms with Crippen molar-refractivity contribution in [2.75, 3.05) is 0 Å². The first-order valence-corrected chi connectivity index (χ1v) is 8.47. The zero-order valence-electron chi connectivity index (χ0n) is 13.0. The summed E-state index contributed by atoms with van der Waals surface area (Å²) in [5.74, 6) is 0. The van der Waals surface area contributed by atoms with Crippen molar-refractivity contribution in [1.82, 2.24) is 24.5 Å². The van der Waals surface area contributed by atoms with Crippen molar-refractivity contribution in [3.8, 4) is 0 Å². The van der Waals surface area contributed by atoms with E-state index in [1.807, 2.05) is 20.9 Å². The first kappa shape index (κ1) is 15.5. The molecule has 0 amide bonds. The number of fused-ring (bicyclic) bond motifs is 1. The maximum atomic E-state index is 12.4. The van der Waals surface area contributed by atoms with Crippen LogP contribution in [0.2, 0.25) is 0 Å². The Morgan fingerprint density at radius 2 is 1.91 bits per heavy atom. The molecule has 8 nitrogen and oxygen atoms in total. The molecule has 0 fully saturated rings. The van der Waals surface area contributed by atoms with Crippen molar-refractivity contribution in [3.05, 3.63) is 45.6 Å². The van der Waals surface area contributed by atoms with E-state index in [0.717, 1.165) is 17.0 Å². The Balaban J connectivity index is 1.89. The van der Waals surface area contributed by atoms with Gasteiger partial charge in [-0.1, -0.05) is 0 Å². The minimum Gasteiger partial charge on any atom is -0.306 e. The van der Waals surface area contributed by atoms with Gasteiger partial charge >= 0.3 is 5.69 Å². The molecule has 0 bridgehead atoms. The summed E-state index contributed by atoms with van der Waals surface area (Å²) in [6, 6.07) is 4.44. The first-order valence-electron chi connectivity index (χ1n) is 6.99. The Hall–Kier alpha value is -2.39. The van der Waals surface area contributed by atoms with Gasteiger partial charge in [0.1, 0.15) is 0 Å². The summed E-state index contributed by atoms with van der Waals surface area (Å²) < 4.78 is 29.2. The molecule has 2 aromatic heterocycles. The van der Waals surface area contributed by atoms with Crippen LogP contribution >= 0.6 is 0 Å². The second-order valence-corrected chi connectivity index (χ2v) is 7.15. The molecule has 0 saturated heterocycles. The van der Waals surface area contributed by atoms with Gasteiger partial charge in [0, 0.05) is 24.8 Å². The van der Waals surface area contributed by atoms with Crippen molar-refractivity contribution >= 4 is 21.1 Å². The number of nitrogens with one attached hydrogen (secondary N) is 3. The van der Waals surface area contributed by atoms with Gasteiger partial charge in [0.2, 0.25) is 10.0 Å². The highest BCUT2D eigenvalue weighted by molar-refractivity contribution is 7.89. The average Bonchev–Trinajstić information content (AvgIpc) is 2.96. The van der Waals surface area contributed by atoms with Gasteiger partial charge in [-0.15, -0.1) is 0 Å². The molecule has 1 aromatic carbocycles. The number of nitrogens with zero attached hydrogens (tertiary/aromatic N) is 2. The molecule has 0 radical (unpaired) electrons.